The Morgan fingerprint density at radius 3 is 2.38 bits per heavy atom. The van der Waals surface area contributed by atoms with E-state index in [0.29, 0.717) is 11.3 Å². The highest BCUT2D eigenvalue weighted by Gasteiger charge is 2.47. The zero-order chi connectivity index (χ0) is 18.7. The van der Waals surface area contributed by atoms with Crippen molar-refractivity contribution in [3.8, 4) is 0 Å². The van der Waals surface area contributed by atoms with Crippen LogP contribution in [0.25, 0.3) is 0 Å². The molecule has 0 bridgehead atoms. The summed E-state index contributed by atoms with van der Waals surface area (Å²) in [5.74, 6) is -0.339. The second-order valence-electron chi connectivity index (χ2n) is 6.48. The van der Waals surface area contributed by atoms with Gasteiger partial charge >= 0.3 is 6.18 Å². The molecular weight excluding hydrogens is 371 g/mol. The fourth-order valence-electron chi connectivity index (χ4n) is 3.30. The number of ketones is 1. The third-order valence-electron chi connectivity index (χ3n) is 4.73. The maximum Gasteiger partial charge on any atom is 0.416 e. The largest absolute Gasteiger partial charge is 0.416 e. The maximum absolute atomic E-state index is 13.0. The lowest BCUT2D eigenvalue weighted by Gasteiger charge is -2.33. The molecule has 0 radical (unpaired) electrons. The van der Waals surface area contributed by atoms with E-state index in [-0.39, 0.29) is 17.4 Å². The summed E-state index contributed by atoms with van der Waals surface area (Å²) in [5.41, 5.74) is -0.0953. The number of nitrogens with zero attached hydrogens (tertiary/aromatic N) is 2. The molecule has 4 rings (SSSR count). The predicted octanol–water partition coefficient (Wildman–Crippen LogP) is 2.77. The van der Waals surface area contributed by atoms with Crippen molar-refractivity contribution in [1.82, 2.24) is 14.5 Å². The lowest BCUT2D eigenvalue weighted by Crippen LogP contribution is -2.43. The maximum atomic E-state index is 13.0. The zero-order valence-corrected chi connectivity index (χ0v) is 14.1. The molecule has 26 heavy (non-hydrogen) atoms. The van der Waals surface area contributed by atoms with E-state index < -0.39 is 33.6 Å². The summed E-state index contributed by atoms with van der Waals surface area (Å²) in [5, 5.41) is 6.46. The standard InChI is InChI=1S/C16H14F3N3O3S/c17-16(18,19)10-3-5-11(6-4-10)26(24,25)22-8-13(23)14-12(7-20-21-14)15(22)9-1-2-9/h3-7,9,15H,1-2,8H2,(H,20,21)/t15-/m1/s1. The van der Waals surface area contributed by atoms with Crippen LogP contribution in [-0.4, -0.2) is 35.2 Å². The highest BCUT2D eigenvalue weighted by atomic mass is 32.2. The number of hydrogen-bond donors (Lipinski definition) is 1. The monoisotopic (exact) mass is 385 g/mol. The van der Waals surface area contributed by atoms with E-state index in [2.05, 4.69) is 10.2 Å². The number of hydrogen-bond acceptors (Lipinski definition) is 4. The molecule has 1 aliphatic carbocycles. The number of H-pyrrole nitrogens is 1. The number of rotatable bonds is 3. The first-order valence-electron chi connectivity index (χ1n) is 7.95. The summed E-state index contributed by atoms with van der Waals surface area (Å²) in [7, 11) is -4.13. The minimum absolute atomic E-state index is 0.0728. The van der Waals surface area contributed by atoms with E-state index in [1.165, 1.54) is 6.20 Å². The quantitative estimate of drug-likeness (QED) is 0.881. The molecule has 0 amide bonds. The Morgan fingerprint density at radius 2 is 1.81 bits per heavy atom. The zero-order valence-electron chi connectivity index (χ0n) is 13.3. The predicted molar refractivity (Wildman–Crippen MR) is 83.7 cm³/mol. The van der Waals surface area contributed by atoms with Gasteiger partial charge in [-0.15, -0.1) is 0 Å². The van der Waals surface area contributed by atoms with Crippen LogP contribution in [0.5, 0.6) is 0 Å². The molecule has 10 heteroatoms. The van der Waals surface area contributed by atoms with Gasteiger partial charge in [0.2, 0.25) is 10.0 Å². The molecule has 2 heterocycles. The fourth-order valence-corrected chi connectivity index (χ4v) is 4.93. The second-order valence-corrected chi connectivity index (χ2v) is 8.37. The first-order valence-corrected chi connectivity index (χ1v) is 9.39. The van der Waals surface area contributed by atoms with Gasteiger partial charge in [0.05, 0.1) is 29.2 Å². The van der Waals surface area contributed by atoms with Crippen molar-refractivity contribution in [2.24, 2.45) is 5.92 Å². The third-order valence-corrected chi connectivity index (χ3v) is 6.57. The summed E-state index contributed by atoms with van der Waals surface area (Å²) in [6.07, 6.45) is -1.46. The molecule has 1 fully saturated rings. The molecule has 1 saturated carbocycles. The number of aromatic amines is 1. The third kappa shape index (κ3) is 2.73. The van der Waals surface area contributed by atoms with Crippen LogP contribution in [0.4, 0.5) is 13.2 Å². The van der Waals surface area contributed by atoms with Crippen LogP contribution < -0.4 is 0 Å². The molecule has 6 nitrogen and oxygen atoms in total. The van der Waals surface area contributed by atoms with Crippen molar-refractivity contribution in [2.45, 2.75) is 30.0 Å². The molecule has 2 aliphatic rings. The molecule has 0 saturated heterocycles. The second kappa shape index (κ2) is 5.65. The van der Waals surface area contributed by atoms with Gasteiger partial charge in [0.15, 0.2) is 5.78 Å². The molecule has 0 unspecified atom stereocenters. The normalized spacial score (nSPS) is 21.7. The van der Waals surface area contributed by atoms with E-state index in [1.807, 2.05) is 0 Å². The highest BCUT2D eigenvalue weighted by molar-refractivity contribution is 7.89. The number of fused-ring (bicyclic) bond motifs is 1. The number of nitrogens with one attached hydrogen (secondary N) is 1. The first kappa shape index (κ1) is 17.2. The van der Waals surface area contributed by atoms with Crippen molar-refractivity contribution < 1.29 is 26.4 Å². The van der Waals surface area contributed by atoms with Crippen molar-refractivity contribution in [3.63, 3.8) is 0 Å². The molecule has 2 aromatic rings. The number of carbonyl (C=O) groups is 1. The molecule has 138 valence electrons. The van der Waals surface area contributed by atoms with E-state index in [4.69, 9.17) is 0 Å². The molecule has 1 aromatic heterocycles. The highest BCUT2D eigenvalue weighted by Crippen LogP contribution is 2.48. The van der Waals surface area contributed by atoms with Crippen LogP contribution in [0.1, 0.15) is 40.5 Å². The van der Waals surface area contributed by atoms with Gasteiger partial charge in [-0.3, -0.25) is 9.89 Å². The summed E-state index contributed by atoms with van der Waals surface area (Å²) < 4.78 is 65.3. The van der Waals surface area contributed by atoms with Crippen molar-refractivity contribution >= 4 is 15.8 Å². The SMILES string of the molecule is O=C1CN(S(=O)(=O)c2ccc(C(F)(F)F)cc2)[C@H](C2CC2)c2cn[nH]c21. The number of halogens is 3. The average molecular weight is 385 g/mol. The van der Waals surface area contributed by atoms with Gasteiger partial charge < -0.3 is 0 Å². The number of Topliss-reactive ketones (excluding diaryl/α,β-unsaturated/α-hetero) is 1. The molecule has 1 atom stereocenters. The van der Waals surface area contributed by atoms with Crippen molar-refractivity contribution in [3.05, 3.63) is 47.3 Å². The smallest absolute Gasteiger partial charge is 0.291 e. The summed E-state index contributed by atoms with van der Waals surface area (Å²) in [4.78, 5) is 12.0. The summed E-state index contributed by atoms with van der Waals surface area (Å²) in [6, 6.07) is 2.78. The first-order chi connectivity index (χ1) is 12.2. The lowest BCUT2D eigenvalue weighted by atomic mass is 9.97. The molecule has 1 aliphatic heterocycles. The average Bonchev–Trinajstić information content (AvgIpc) is 3.29. The Bertz CT molecular complexity index is 963. The number of carbonyl (C=O) groups excluding carboxylic acids is 1. The molecule has 0 spiro atoms. The Balaban J connectivity index is 1.74. The van der Waals surface area contributed by atoms with Crippen LogP contribution in [0.2, 0.25) is 0 Å². The van der Waals surface area contributed by atoms with Gasteiger partial charge in [0.1, 0.15) is 5.69 Å². The Morgan fingerprint density at radius 1 is 1.15 bits per heavy atom. The van der Waals surface area contributed by atoms with Gasteiger partial charge in [-0.2, -0.15) is 22.6 Å². The molecule has 1 aromatic carbocycles. The van der Waals surface area contributed by atoms with Crippen LogP contribution in [-0.2, 0) is 16.2 Å². The topological polar surface area (TPSA) is 83.1 Å². The fraction of sp³-hybridized carbons (Fsp3) is 0.375. The van der Waals surface area contributed by atoms with E-state index in [9.17, 15) is 26.4 Å². The molecule has 1 N–H and O–H groups in total. The van der Waals surface area contributed by atoms with Crippen molar-refractivity contribution in [2.75, 3.05) is 6.54 Å². The van der Waals surface area contributed by atoms with Crippen molar-refractivity contribution in [1.29, 1.82) is 0 Å². The minimum Gasteiger partial charge on any atom is -0.291 e. The summed E-state index contributed by atoms with van der Waals surface area (Å²) >= 11 is 0. The Hall–Kier alpha value is -2.20. The van der Waals surface area contributed by atoms with Crippen LogP contribution in [0, 0.1) is 5.92 Å². The minimum atomic E-state index is -4.55. The number of sulfonamides is 1. The number of benzene rings is 1. The van der Waals surface area contributed by atoms with Gasteiger partial charge in [-0.25, -0.2) is 8.42 Å². The van der Waals surface area contributed by atoms with Gasteiger partial charge in [-0.1, -0.05) is 0 Å². The number of alkyl halides is 3. The summed E-state index contributed by atoms with van der Waals surface area (Å²) in [6.45, 7) is -0.361. The van der Waals surface area contributed by atoms with E-state index in [1.54, 1.807) is 0 Å². The lowest BCUT2D eigenvalue weighted by molar-refractivity contribution is -0.137. The van der Waals surface area contributed by atoms with E-state index in [0.717, 1.165) is 41.4 Å². The van der Waals surface area contributed by atoms with Crippen LogP contribution >= 0.6 is 0 Å². The Labute approximate surface area is 147 Å². The van der Waals surface area contributed by atoms with Crippen LogP contribution in [0.15, 0.2) is 35.4 Å². The molecular formula is C16H14F3N3O3S. The van der Waals surface area contributed by atoms with Crippen LogP contribution in [0.3, 0.4) is 0 Å². The Kier molecular flexibility index (Phi) is 3.74. The van der Waals surface area contributed by atoms with Gasteiger partial charge in [0.25, 0.3) is 0 Å². The van der Waals surface area contributed by atoms with E-state index >= 15 is 0 Å². The number of aromatic nitrogens is 2. The van der Waals surface area contributed by atoms with Gasteiger partial charge in [-0.05, 0) is 43.0 Å². The van der Waals surface area contributed by atoms with Gasteiger partial charge in [0, 0.05) is 5.56 Å².